The smallest absolute Gasteiger partial charge is 0.197 e. The third-order valence-electron chi connectivity index (χ3n) is 13.5. The van der Waals surface area contributed by atoms with E-state index < -0.39 is 0 Å². The van der Waals surface area contributed by atoms with E-state index >= 15 is 0 Å². The molecule has 27 heteroatoms. The van der Waals surface area contributed by atoms with Gasteiger partial charge in [-0.05, 0) is 168 Å². The van der Waals surface area contributed by atoms with E-state index in [1.165, 1.54) is 0 Å². The summed E-state index contributed by atoms with van der Waals surface area (Å²) in [6.07, 6.45) is 34.0. The summed E-state index contributed by atoms with van der Waals surface area (Å²) in [7, 11) is 1.87. The van der Waals surface area contributed by atoms with Gasteiger partial charge < -0.3 is 46.7 Å². The number of H-pyrrole nitrogens is 5. The van der Waals surface area contributed by atoms with Crippen molar-refractivity contribution in [3.05, 3.63) is 139 Å². The molecule has 0 bridgehead atoms. The van der Waals surface area contributed by atoms with Gasteiger partial charge >= 0.3 is 0 Å². The standard InChI is InChI=1S/C19H25Br2N7O.C18H24BrN7O.C18H25N7O/c1-27-16(10-15(20)18(27)21)17(29)8-5-9-28-12-14(25-26-28)7-4-2-3-6-13-11-23-19(22)24-13;19-13-9-16(21-10-13)17(27)7-4-8-26-12-15(24-25-26)6-3-1-2-5-14-11-22-18(20)23-14;19-18-21-12-14(22-18)6-2-1-3-7-15-13-25(24-23-15)11-5-9-17(26)16-8-4-10-20-16/h10-12H,2-9H2,1H3,(H3,22,23,24);9-12,21H,1-8H2,(H3,20,22,23);4,8,10,12-13,20H,1-3,5-7,9,11H2,(H3,19,21,22). The molecule has 438 valence electrons. The van der Waals surface area contributed by atoms with Gasteiger partial charge in [0.15, 0.2) is 35.2 Å². The number of nitrogens with two attached hydrogens (primary N) is 3. The normalized spacial score (nSPS) is 11.2. The van der Waals surface area contributed by atoms with Crippen molar-refractivity contribution in [1.82, 2.24) is 89.4 Å². The summed E-state index contributed by atoms with van der Waals surface area (Å²) in [6, 6.07) is 7.29. The summed E-state index contributed by atoms with van der Waals surface area (Å²) < 4.78 is 9.97. The monoisotopic (exact) mass is 1310 g/mol. The first-order chi connectivity index (χ1) is 39.7. The Labute approximate surface area is 501 Å². The number of imidazole rings is 3. The first-order valence-electron chi connectivity index (χ1n) is 27.9. The predicted molar refractivity (Wildman–Crippen MR) is 324 cm³/mol. The molecule has 82 heavy (non-hydrogen) atoms. The van der Waals surface area contributed by atoms with Crippen LogP contribution in [0.4, 0.5) is 17.8 Å². The Bertz CT molecular complexity index is 3320. The van der Waals surface area contributed by atoms with Crippen LogP contribution in [0.1, 0.15) is 162 Å². The van der Waals surface area contributed by atoms with E-state index in [2.05, 4.69) is 119 Å². The lowest BCUT2D eigenvalue weighted by atomic mass is 10.1. The van der Waals surface area contributed by atoms with Crippen LogP contribution in [0.5, 0.6) is 0 Å². The van der Waals surface area contributed by atoms with Crippen LogP contribution in [0.3, 0.4) is 0 Å². The van der Waals surface area contributed by atoms with Crippen molar-refractivity contribution in [3.8, 4) is 0 Å². The van der Waals surface area contributed by atoms with Crippen LogP contribution in [0, 0.1) is 0 Å². The highest BCUT2D eigenvalue weighted by molar-refractivity contribution is 9.13. The summed E-state index contributed by atoms with van der Waals surface area (Å²) >= 11 is 10.2. The van der Waals surface area contributed by atoms with Crippen molar-refractivity contribution in [2.45, 2.75) is 154 Å². The Morgan fingerprint density at radius 3 is 1.28 bits per heavy atom. The second-order valence-electron chi connectivity index (χ2n) is 20.1. The van der Waals surface area contributed by atoms with Gasteiger partial charge in [-0.2, -0.15) is 0 Å². The summed E-state index contributed by atoms with van der Waals surface area (Å²) in [6.45, 7) is 2.09. The Hall–Kier alpha value is -7.26. The molecular formula is C55H74Br3N21O3. The molecule has 0 amide bonds. The second kappa shape index (κ2) is 33.0. The van der Waals surface area contributed by atoms with Crippen molar-refractivity contribution >= 4 is 83.0 Å². The number of nitrogens with zero attached hydrogens (tertiary/aromatic N) is 13. The molecule has 0 spiro atoms. The van der Waals surface area contributed by atoms with Gasteiger partial charge in [0.05, 0.1) is 61.8 Å². The number of carbonyl (C=O) groups is 3. The molecule has 0 saturated carbocycles. The van der Waals surface area contributed by atoms with Crippen molar-refractivity contribution in [3.63, 3.8) is 0 Å². The van der Waals surface area contributed by atoms with Gasteiger partial charge in [0.1, 0.15) is 0 Å². The zero-order valence-corrected chi connectivity index (χ0v) is 51.1. The van der Waals surface area contributed by atoms with Crippen molar-refractivity contribution < 1.29 is 14.4 Å². The lowest BCUT2D eigenvalue weighted by molar-refractivity contribution is 0.0963. The molecule has 0 atom stereocenters. The van der Waals surface area contributed by atoms with Crippen molar-refractivity contribution in [1.29, 1.82) is 0 Å². The third-order valence-corrected chi connectivity index (χ3v) is 16.0. The molecular weight excluding hydrogens is 1240 g/mol. The van der Waals surface area contributed by atoms with E-state index in [0.29, 0.717) is 73.8 Å². The number of aryl methyl sites for hydroxylation is 9. The number of hydrogen-bond acceptors (Lipinski definition) is 15. The number of nitrogen functional groups attached to an aromatic ring is 3. The van der Waals surface area contributed by atoms with E-state index in [1.807, 2.05) is 56.4 Å². The van der Waals surface area contributed by atoms with Crippen LogP contribution in [0.2, 0.25) is 0 Å². The van der Waals surface area contributed by atoms with Gasteiger partial charge in [0.25, 0.3) is 0 Å². The van der Waals surface area contributed by atoms with Crippen LogP contribution >= 0.6 is 47.8 Å². The van der Waals surface area contributed by atoms with Crippen LogP contribution in [0.15, 0.2) is 87.4 Å². The predicted octanol–water partition coefficient (Wildman–Crippen LogP) is 9.89. The van der Waals surface area contributed by atoms with Crippen LogP contribution < -0.4 is 17.2 Å². The Morgan fingerprint density at radius 1 is 0.512 bits per heavy atom. The minimum absolute atomic E-state index is 0.111. The molecule has 0 aliphatic heterocycles. The molecule has 0 aromatic carbocycles. The van der Waals surface area contributed by atoms with Crippen molar-refractivity contribution in [2.75, 3.05) is 17.2 Å². The number of carbonyl (C=O) groups excluding carboxylic acids is 3. The summed E-state index contributed by atoms with van der Waals surface area (Å²) in [5.74, 6) is 1.80. The fourth-order valence-electron chi connectivity index (χ4n) is 9.04. The maximum Gasteiger partial charge on any atom is 0.197 e. The minimum atomic E-state index is 0.111. The molecule has 9 aromatic rings. The number of aromatic nitrogens is 18. The average molecular weight is 1320 g/mol. The highest BCUT2D eigenvalue weighted by atomic mass is 79.9. The van der Waals surface area contributed by atoms with Gasteiger partial charge in [-0.1, -0.05) is 34.9 Å². The summed E-state index contributed by atoms with van der Waals surface area (Å²) in [4.78, 5) is 63.4. The minimum Gasteiger partial charge on any atom is -0.369 e. The molecule has 0 saturated heterocycles. The second-order valence-corrected chi connectivity index (χ2v) is 22.6. The van der Waals surface area contributed by atoms with Gasteiger partial charge in [-0.25, -0.2) is 15.0 Å². The molecule has 0 unspecified atom stereocenters. The summed E-state index contributed by atoms with van der Waals surface area (Å²) in [5, 5.41) is 25.1. The van der Waals surface area contributed by atoms with E-state index in [0.717, 1.165) is 163 Å². The average Bonchev–Trinajstić information content (AvgIpc) is 4.46. The van der Waals surface area contributed by atoms with Crippen LogP contribution in [0.25, 0.3) is 0 Å². The first-order valence-corrected chi connectivity index (χ1v) is 30.2. The Kier molecular flexibility index (Phi) is 25.1. The number of halogens is 3. The molecule has 0 radical (unpaired) electrons. The molecule has 11 N–H and O–H groups in total. The van der Waals surface area contributed by atoms with Crippen LogP contribution in [-0.4, -0.2) is 107 Å². The highest BCUT2D eigenvalue weighted by Crippen LogP contribution is 2.27. The first kappa shape index (κ1) is 62.3. The van der Waals surface area contributed by atoms with Crippen LogP contribution in [-0.2, 0) is 65.2 Å². The quantitative estimate of drug-likeness (QED) is 0.0140. The Balaban J connectivity index is 0.000000177. The number of rotatable bonds is 33. The molecule has 24 nitrogen and oxygen atoms in total. The highest BCUT2D eigenvalue weighted by Gasteiger charge is 2.16. The van der Waals surface area contributed by atoms with Gasteiger partial charge in [0, 0.05) is 98.5 Å². The maximum atomic E-state index is 12.4. The number of anilines is 3. The third kappa shape index (κ3) is 21.2. The summed E-state index contributed by atoms with van der Waals surface area (Å²) in [5.41, 5.74) is 25.0. The molecule has 0 aliphatic carbocycles. The Morgan fingerprint density at radius 2 is 0.927 bits per heavy atom. The van der Waals surface area contributed by atoms with Gasteiger partial charge in [-0.15, -0.1) is 15.3 Å². The number of aromatic amines is 5. The number of Topliss-reactive ketones (excluding diaryl/α,β-unsaturated/α-hetero) is 3. The topological polar surface area (TPSA) is 344 Å². The van der Waals surface area contributed by atoms with Crippen molar-refractivity contribution in [2.24, 2.45) is 7.05 Å². The molecule has 9 heterocycles. The number of ketones is 3. The van der Waals surface area contributed by atoms with E-state index in [-0.39, 0.29) is 17.3 Å². The van der Waals surface area contributed by atoms with E-state index in [4.69, 9.17) is 17.2 Å². The van der Waals surface area contributed by atoms with Gasteiger partial charge in [-0.3, -0.25) is 28.4 Å². The number of hydrogen-bond donors (Lipinski definition) is 8. The SMILES string of the molecule is Cn1c(C(=O)CCCn2cc(CCCCCc3cnc(N)[nH]3)nn2)cc(Br)c1Br.Nc1ncc(CCCCCc2cn(CCCC(=O)c3cc(Br)c[nH]3)nn2)[nH]1.Nc1ncc(CCCCCc2cn(CCCC(=O)c3ccc[nH]3)nn2)[nH]1. The number of unbranched alkanes of at least 4 members (excludes halogenated alkanes) is 6. The molecule has 9 rings (SSSR count). The molecule has 0 fully saturated rings. The van der Waals surface area contributed by atoms with E-state index in [9.17, 15) is 14.4 Å². The number of nitrogens with one attached hydrogen (secondary N) is 5. The lowest BCUT2D eigenvalue weighted by Gasteiger charge is -2.04. The fourth-order valence-corrected chi connectivity index (χ4v) is 10.2. The zero-order valence-electron chi connectivity index (χ0n) is 46.3. The molecule has 9 aromatic heterocycles. The molecule has 0 aliphatic rings. The maximum absolute atomic E-state index is 12.4. The zero-order chi connectivity index (χ0) is 58.1. The fraction of sp³-hybridized carbons (Fsp3) is 0.455. The van der Waals surface area contributed by atoms with Gasteiger partial charge in [0.2, 0.25) is 0 Å². The lowest BCUT2D eigenvalue weighted by Crippen LogP contribution is -2.08. The largest absolute Gasteiger partial charge is 0.369 e. The van der Waals surface area contributed by atoms with E-state index in [1.54, 1.807) is 43.1 Å².